The third-order valence-corrected chi connectivity index (χ3v) is 4.69. The summed E-state index contributed by atoms with van der Waals surface area (Å²) in [6, 6.07) is 6.37. The van der Waals surface area contributed by atoms with Crippen LogP contribution in [0.4, 0.5) is 5.69 Å². The Bertz CT molecular complexity index is 673. The Morgan fingerprint density at radius 1 is 1.25 bits per heavy atom. The van der Waals surface area contributed by atoms with E-state index in [1.54, 1.807) is 18.2 Å². The number of carbonyl (C=O) groups is 2. The van der Waals surface area contributed by atoms with Gasteiger partial charge < -0.3 is 10.1 Å². The first-order chi connectivity index (χ1) is 11.3. The lowest BCUT2D eigenvalue weighted by molar-refractivity contribution is -0.116. The normalized spacial score (nSPS) is 11.3. The number of methoxy groups -OCH3 is 1. The number of hydrogen-bond acceptors (Lipinski definition) is 5. The van der Waals surface area contributed by atoms with Crippen molar-refractivity contribution in [3.8, 4) is 0 Å². The van der Waals surface area contributed by atoms with Crippen LogP contribution < -0.4 is 5.32 Å². The van der Waals surface area contributed by atoms with Crippen molar-refractivity contribution < 1.29 is 22.7 Å². The highest BCUT2D eigenvalue weighted by molar-refractivity contribution is 7.88. The van der Waals surface area contributed by atoms with Crippen LogP contribution in [0.2, 0.25) is 0 Å². The van der Waals surface area contributed by atoms with Crippen LogP contribution in [-0.4, -0.2) is 51.1 Å². The predicted molar refractivity (Wildman–Crippen MR) is 92.4 cm³/mol. The van der Waals surface area contributed by atoms with Crippen LogP contribution in [0.25, 0.3) is 0 Å². The summed E-state index contributed by atoms with van der Waals surface area (Å²) in [5.74, 6) is -0.809. The third-order valence-electron chi connectivity index (χ3n) is 3.39. The molecule has 0 aliphatic carbocycles. The Morgan fingerprint density at radius 2 is 1.96 bits per heavy atom. The quantitative estimate of drug-likeness (QED) is 0.682. The fraction of sp³-hybridized carbons (Fsp3) is 0.500. The van der Waals surface area contributed by atoms with Gasteiger partial charge in [0.2, 0.25) is 15.9 Å². The van der Waals surface area contributed by atoms with Gasteiger partial charge in [0.1, 0.15) is 0 Å². The minimum absolute atomic E-state index is 0.0409. The Balaban J connectivity index is 2.64. The van der Waals surface area contributed by atoms with Crippen LogP contribution >= 0.6 is 0 Å². The van der Waals surface area contributed by atoms with E-state index in [2.05, 4.69) is 10.1 Å². The zero-order valence-electron chi connectivity index (χ0n) is 14.2. The van der Waals surface area contributed by atoms with E-state index in [0.29, 0.717) is 17.8 Å². The van der Waals surface area contributed by atoms with Gasteiger partial charge in [0.15, 0.2) is 0 Å². The Labute approximate surface area is 143 Å². The number of nitrogens with one attached hydrogen (secondary N) is 1. The van der Waals surface area contributed by atoms with E-state index in [1.807, 2.05) is 6.92 Å². The molecule has 0 fully saturated rings. The van der Waals surface area contributed by atoms with Crippen LogP contribution in [0.3, 0.4) is 0 Å². The van der Waals surface area contributed by atoms with Gasteiger partial charge in [0.05, 0.1) is 18.9 Å². The summed E-state index contributed by atoms with van der Waals surface area (Å²) in [4.78, 5) is 23.5. The molecule has 0 atom stereocenters. The van der Waals surface area contributed by atoms with Crippen molar-refractivity contribution in [1.82, 2.24) is 4.31 Å². The van der Waals surface area contributed by atoms with E-state index >= 15 is 0 Å². The van der Waals surface area contributed by atoms with Crippen molar-refractivity contribution in [2.75, 3.05) is 31.8 Å². The number of carbonyl (C=O) groups excluding carboxylic acids is 2. The molecule has 134 valence electrons. The summed E-state index contributed by atoms with van der Waals surface area (Å²) in [5, 5.41) is 2.66. The van der Waals surface area contributed by atoms with Crippen molar-refractivity contribution >= 4 is 27.6 Å². The van der Waals surface area contributed by atoms with Crippen molar-refractivity contribution in [3.05, 3.63) is 29.8 Å². The number of unbranched alkanes of at least 4 members (excludes halogenated alkanes) is 1. The van der Waals surface area contributed by atoms with Gasteiger partial charge in [-0.05, 0) is 24.6 Å². The van der Waals surface area contributed by atoms with Crippen LogP contribution in [-0.2, 0) is 19.6 Å². The average Bonchev–Trinajstić information content (AvgIpc) is 2.53. The molecule has 0 aromatic heterocycles. The fourth-order valence-electron chi connectivity index (χ4n) is 2.07. The first-order valence-electron chi connectivity index (χ1n) is 7.71. The Morgan fingerprint density at radius 3 is 2.54 bits per heavy atom. The summed E-state index contributed by atoms with van der Waals surface area (Å²) in [6.45, 7) is 2.50. The molecule has 0 aliphatic rings. The van der Waals surface area contributed by atoms with Crippen molar-refractivity contribution in [2.24, 2.45) is 0 Å². The van der Waals surface area contributed by atoms with Gasteiger partial charge in [-0.3, -0.25) is 4.79 Å². The number of amides is 1. The van der Waals surface area contributed by atoms with Gasteiger partial charge in [-0.1, -0.05) is 19.4 Å². The van der Waals surface area contributed by atoms with E-state index in [-0.39, 0.29) is 18.9 Å². The molecule has 1 amide bonds. The monoisotopic (exact) mass is 356 g/mol. The maximum atomic E-state index is 12.0. The van der Waals surface area contributed by atoms with Gasteiger partial charge in [0, 0.05) is 25.2 Å². The molecular formula is C16H24N2O5S. The molecule has 0 saturated carbocycles. The minimum atomic E-state index is -3.33. The molecule has 0 aliphatic heterocycles. The number of esters is 1. The molecule has 0 saturated heterocycles. The highest BCUT2D eigenvalue weighted by atomic mass is 32.2. The fourth-order valence-corrected chi connectivity index (χ4v) is 2.95. The van der Waals surface area contributed by atoms with Gasteiger partial charge in [-0.2, -0.15) is 0 Å². The lowest BCUT2D eigenvalue weighted by Gasteiger charge is -2.19. The maximum absolute atomic E-state index is 12.0. The molecule has 0 spiro atoms. The summed E-state index contributed by atoms with van der Waals surface area (Å²) in [5.41, 5.74) is 0.790. The summed E-state index contributed by atoms with van der Waals surface area (Å²) in [7, 11) is -2.05. The van der Waals surface area contributed by atoms with Crippen molar-refractivity contribution in [3.63, 3.8) is 0 Å². The third kappa shape index (κ3) is 6.67. The lowest BCUT2D eigenvalue weighted by Crippen LogP contribution is -2.33. The molecular weight excluding hydrogens is 332 g/mol. The number of sulfonamides is 1. The Hall–Kier alpha value is -1.93. The van der Waals surface area contributed by atoms with Crippen LogP contribution in [0.15, 0.2) is 24.3 Å². The average molecular weight is 356 g/mol. The van der Waals surface area contributed by atoms with Gasteiger partial charge >= 0.3 is 5.97 Å². The Kier molecular flexibility index (Phi) is 7.87. The van der Waals surface area contributed by atoms with E-state index in [1.165, 1.54) is 17.5 Å². The molecule has 0 heterocycles. The second-order valence-corrected chi connectivity index (χ2v) is 7.37. The second kappa shape index (κ2) is 9.39. The van der Waals surface area contributed by atoms with E-state index < -0.39 is 16.0 Å². The zero-order chi connectivity index (χ0) is 18.2. The van der Waals surface area contributed by atoms with E-state index in [9.17, 15) is 18.0 Å². The largest absolute Gasteiger partial charge is 0.465 e. The van der Waals surface area contributed by atoms with Crippen molar-refractivity contribution in [2.45, 2.75) is 26.2 Å². The lowest BCUT2D eigenvalue weighted by atomic mass is 10.2. The number of ether oxygens (including phenoxy) is 1. The molecule has 0 unspecified atom stereocenters. The molecule has 1 N–H and O–H groups in total. The van der Waals surface area contributed by atoms with E-state index in [0.717, 1.165) is 19.1 Å². The van der Waals surface area contributed by atoms with Crippen molar-refractivity contribution in [1.29, 1.82) is 0 Å². The van der Waals surface area contributed by atoms with Gasteiger partial charge in [-0.15, -0.1) is 0 Å². The van der Waals surface area contributed by atoms with Crippen LogP contribution in [0.1, 0.15) is 36.5 Å². The number of rotatable bonds is 9. The number of anilines is 1. The summed E-state index contributed by atoms with van der Waals surface area (Å²) >= 11 is 0. The standard InChI is InChI=1S/C16H24N2O5S/c1-4-5-10-18(24(3,21)22)11-9-15(19)17-14-8-6-7-13(12-14)16(20)23-2/h6-8,12H,4-5,9-11H2,1-3H3,(H,17,19). The number of hydrogen-bond donors (Lipinski definition) is 1. The van der Waals surface area contributed by atoms with Crippen LogP contribution in [0.5, 0.6) is 0 Å². The second-order valence-electron chi connectivity index (χ2n) is 5.39. The molecule has 8 heteroatoms. The maximum Gasteiger partial charge on any atom is 0.337 e. The van der Waals surface area contributed by atoms with Crippen LogP contribution in [0, 0.1) is 0 Å². The first kappa shape index (κ1) is 20.1. The highest BCUT2D eigenvalue weighted by Gasteiger charge is 2.17. The number of nitrogens with zero attached hydrogens (tertiary/aromatic N) is 1. The summed E-state index contributed by atoms with van der Waals surface area (Å²) in [6.07, 6.45) is 2.80. The molecule has 0 radical (unpaired) electrons. The topological polar surface area (TPSA) is 92.8 Å². The van der Waals surface area contributed by atoms with E-state index in [4.69, 9.17) is 0 Å². The molecule has 1 aromatic rings. The molecule has 0 bridgehead atoms. The first-order valence-corrected chi connectivity index (χ1v) is 9.56. The van der Waals surface area contributed by atoms with Gasteiger partial charge in [-0.25, -0.2) is 17.5 Å². The minimum Gasteiger partial charge on any atom is -0.465 e. The molecule has 1 aromatic carbocycles. The molecule has 24 heavy (non-hydrogen) atoms. The molecule has 1 rings (SSSR count). The molecule has 7 nitrogen and oxygen atoms in total. The zero-order valence-corrected chi connectivity index (χ0v) is 15.1. The highest BCUT2D eigenvalue weighted by Crippen LogP contribution is 2.12. The SMILES string of the molecule is CCCCN(CCC(=O)Nc1cccc(C(=O)OC)c1)S(C)(=O)=O. The predicted octanol–water partition coefficient (Wildman–Crippen LogP) is 1.86. The smallest absolute Gasteiger partial charge is 0.337 e. The number of benzene rings is 1. The van der Waals surface area contributed by atoms with Gasteiger partial charge in [0.25, 0.3) is 0 Å². The summed E-state index contributed by atoms with van der Waals surface area (Å²) < 4.78 is 29.3.